The third-order valence-corrected chi connectivity index (χ3v) is 3.64. The summed E-state index contributed by atoms with van der Waals surface area (Å²) in [6.07, 6.45) is 2.80. The first-order valence-electron chi connectivity index (χ1n) is 7.33. The number of nitro groups is 1. The lowest BCUT2D eigenvalue weighted by Crippen LogP contribution is -2.18. The molecule has 0 atom stereocenters. The highest BCUT2D eigenvalue weighted by atomic mass is 35.5. The Morgan fingerprint density at radius 2 is 2.12 bits per heavy atom. The van der Waals surface area contributed by atoms with Gasteiger partial charge in [-0.05, 0) is 30.3 Å². The average Bonchev–Trinajstić information content (AvgIpc) is 3.11. The smallest absolute Gasteiger partial charge is 0.289 e. The highest BCUT2D eigenvalue weighted by molar-refractivity contribution is 6.33. The minimum Gasteiger partial charge on any atom is -0.455 e. The fraction of sp³-hybridized carbons (Fsp3) is 0. The summed E-state index contributed by atoms with van der Waals surface area (Å²) in [5.74, 6) is 0.218. The van der Waals surface area contributed by atoms with E-state index in [2.05, 4.69) is 15.5 Å². The third-order valence-electron chi connectivity index (χ3n) is 3.31. The number of nitrogens with one attached hydrogen (secondary N) is 1. The molecule has 0 unspecified atom stereocenters. The maximum atomic E-state index is 11.8. The Balaban J connectivity index is 1.73. The van der Waals surface area contributed by atoms with Crippen LogP contribution in [-0.4, -0.2) is 22.0 Å². The topological polar surface area (TPSA) is 111 Å². The lowest BCUT2D eigenvalue weighted by molar-refractivity contribution is -0.384. The Bertz CT molecular complexity index is 985. The fourth-order valence-electron chi connectivity index (χ4n) is 2.09. The monoisotopic (exact) mass is 370 g/mol. The average molecular weight is 371 g/mol. The highest BCUT2D eigenvalue weighted by Gasteiger charge is 2.14. The molecule has 9 heteroatoms. The van der Waals surface area contributed by atoms with Crippen LogP contribution in [0.25, 0.3) is 11.3 Å². The lowest BCUT2D eigenvalue weighted by Gasteiger charge is -2.00. The van der Waals surface area contributed by atoms with Crippen molar-refractivity contribution in [3.63, 3.8) is 0 Å². The highest BCUT2D eigenvalue weighted by Crippen LogP contribution is 2.32. The molecule has 1 N–H and O–H groups in total. The van der Waals surface area contributed by atoms with Gasteiger partial charge in [0.25, 0.3) is 11.6 Å². The Kier molecular flexibility index (Phi) is 5.04. The van der Waals surface area contributed by atoms with Crippen LogP contribution in [0.3, 0.4) is 0 Å². The molecule has 1 aromatic carbocycles. The number of hydrogen-bond donors (Lipinski definition) is 1. The molecule has 0 fully saturated rings. The van der Waals surface area contributed by atoms with Gasteiger partial charge in [0.2, 0.25) is 0 Å². The number of pyridine rings is 1. The molecule has 2 aromatic heterocycles. The SMILES string of the molecule is O=C(N/N=C/c1ccc(-c2cc([N+](=O)[O-])ccc2Cl)o1)c1ccccn1. The van der Waals surface area contributed by atoms with Crippen molar-refractivity contribution in [2.45, 2.75) is 0 Å². The van der Waals surface area contributed by atoms with Gasteiger partial charge in [0.15, 0.2) is 0 Å². The number of halogens is 1. The number of hydrazone groups is 1. The first-order valence-corrected chi connectivity index (χ1v) is 7.71. The van der Waals surface area contributed by atoms with Crippen molar-refractivity contribution in [2.75, 3.05) is 0 Å². The van der Waals surface area contributed by atoms with Gasteiger partial charge in [-0.25, -0.2) is 5.43 Å². The van der Waals surface area contributed by atoms with E-state index in [4.69, 9.17) is 16.0 Å². The number of nitrogens with zero attached hydrogens (tertiary/aromatic N) is 3. The predicted octanol–water partition coefficient (Wildman–Crippen LogP) is 3.67. The van der Waals surface area contributed by atoms with Crippen molar-refractivity contribution in [2.24, 2.45) is 5.10 Å². The summed E-state index contributed by atoms with van der Waals surface area (Å²) >= 11 is 6.08. The molecule has 3 rings (SSSR count). The fourth-order valence-corrected chi connectivity index (χ4v) is 2.30. The van der Waals surface area contributed by atoms with Crippen molar-refractivity contribution >= 4 is 29.4 Å². The molecule has 0 saturated carbocycles. The van der Waals surface area contributed by atoms with E-state index in [1.165, 1.54) is 30.6 Å². The molecule has 8 nitrogen and oxygen atoms in total. The molecule has 2 heterocycles. The van der Waals surface area contributed by atoms with E-state index in [9.17, 15) is 14.9 Å². The van der Waals surface area contributed by atoms with E-state index in [0.717, 1.165) is 0 Å². The Hall–Kier alpha value is -3.52. The lowest BCUT2D eigenvalue weighted by atomic mass is 10.1. The second-order valence-electron chi connectivity index (χ2n) is 5.04. The summed E-state index contributed by atoms with van der Waals surface area (Å²) in [7, 11) is 0. The zero-order valence-corrected chi connectivity index (χ0v) is 13.9. The van der Waals surface area contributed by atoms with Crippen LogP contribution in [0.4, 0.5) is 5.69 Å². The maximum absolute atomic E-state index is 11.8. The van der Waals surface area contributed by atoms with Gasteiger partial charge in [-0.2, -0.15) is 5.10 Å². The molecule has 1 amide bonds. The first-order chi connectivity index (χ1) is 12.5. The molecule has 0 aliphatic heterocycles. The van der Waals surface area contributed by atoms with E-state index in [0.29, 0.717) is 22.1 Å². The normalized spacial score (nSPS) is 10.8. The molecular formula is C17H11ClN4O4. The van der Waals surface area contributed by atoms with Gasteiger partial charge < -0.3 is 4.42 Å². The minimum absolute atomic E-state index is 0.0985. The van der Waals surface area contributed by atoms with Crippen LogP contribution in [0.15, 0.2) is 64.2 Å². The summed E-state index contributed by atoms with van der Waals surface area (Å²) in [5, 5.41) is 15.0. The van der Waals surface area contributed by atoms with Crippen LogP contribution in [0.1, 0.15) is 16.2 Å². The molecule has 0 spiro atoms. The number of rotatable bonds is 5. The van der Waals surface area contributed by atoms with Crippen molar-refractivity contribution in [3.05, 3.63) is 81.3 Å². The van der Waals surface area contributed by atoms with Gasteiger partial charge in [0.05, 0.1) is 16.2 Å². The molecule has 0 aliphatic rings. The van der Waals surface area contributed by atoms with E-state index in [1.807, 2.05) is 0 Å². The van der Waals surface area contributed by atoms with Crippen LogP contribution in [0, 0.1) is 10.1 Å². The van der Waals surface area contributed by atoms with Gasteiger partial charge in [0.1, 0.15) is 17.2 Å². The van der Waals surface area contributed by atoms with Gasteiger partial charge >= 0.3 is 0 Å². The van der Waals surface area contributed by atoms with E-state index in [1.54, 1.807) is 30.3 Å². The summed E-state index contributed by atoms with van der Waals surface area (Å²) in [4.78, 5) is 26.1. The Morgan fingerprint density at radius 3 is 2.85 bits per heavy atom. The summed E-state index contributed by atoms with van der Waals surface area (Å²) in [6.45, 7) is 0. The Morgan fingerprint density at radius 1 is 1.27 bits per heavy atom. The van der Waals surface area contributed by atoms with Crippen LogP contribution in [-0.2, 0) is 0 Å². The van der Waals surface area contributed by atoms with Crippen molar-refractivity contribution in [3.8, 4) is 11.3 Å². The second kappa shape index (κ2) is 7.58. The third kappa shape index (κ3) is 3.93. The van der Waals surface area contributed by atoms with Crippen LogP contribution in [0.5, 0.6) is 0 Å². The number of carbonyl (C=O) groups excluding carboxylic acids is 1. The van der Waals surface area contributed by atoms with E-state index in [-0.39, 0.29) is 11.4 Å². The van der Waals surface area contributed by atoms with Crippen molar-refractivity contribution in [1.29, 1.82) is 0 Å². The quantitative estimate of drug-likeness (QED) is 0.418. The molecule has 0 aliphatic carbocycles. The first kappa shape index (κ1) is 17.3. The number of hydrogen-bond acceptors (Lipinski definition) is 6. The van der Waals surface area contributed by atoms with Crippen LogP contribution >= 0.6 is 11.6 Å². The molecule has 130 valence electrons. The standard InChI is InChI=1S/C17H11ClN4O4/c18-14-6-4-11(22(24)25)9-13(14)16-7-5-12(26-16)10-20-21-17(23)15-3-1-2-8-19-15/h1-10H,(H,21,23)/b20-10+. The zero-order chi connectivity index (χ0) is 18.5. The van der Waals surface area contributed by atoms with Crippen molar-refractivity contribution in [1.82, 2.24) is 10.4 Å². The number of aromatic nitrogens is 1. The number of furan rings is 1. The largest absolute Gasteiger partial charge is 0.455 e. The van der Waals surface area contributed by atoms with E-state index >= 15 is 0 Å². The van der Waals surface area contributed by atoms with E-state index < -0.39 is 10.8 Å². The van der Waals surface area contributed by atoms with Gasteiger partial charge in [-0.1, -0.05) is 17.7 Å². The summed E-state index contributed by atoms with van der Waals surface area (Å²) < 4.78 is 5.55. The maximum Gasteiger partial charge on any atom is 0.289 e. The van der Waals surface area contributed by atoms with Gasteiger partial charge in [-0.15, -0.1) is 0 Å². The summed E-state index contributed by atoms with van der Waals surface area (Å²) in [5.41, 5.74) is 2.84. The molecule has 0 saturated heterocycles. The van der Waals surface area contributed by atoms with Crippen LogP contribution in [0.2, 0.25) is 5.02 Å². The summed E-state index contributed by atoms with van der Waals surface area (Å²) in [6, 6.07) is 12.2. The predicted molar refractivity (Wildman–Crippen MR) is 95.1 cm³/mol. The second-order valence-corrected chi connectivity index (χ2v) is 5.44. The van der Waals surface area contributed by atoms with Crippen LogP contribution < -0.4 is 5.43 Å². The van der Waals surface area contributed by atoms with Crippen molar-refractivity contribution < 1.29 is 14.1 Å². The Labute approximate surface area is 152 Å². The molecular weight excluding hydrogens is 360 g/mol. The van der Waals surface area contributed by atoms with Gasteiger partial charge in [0, 0.05) is 23.9 Å². The number of non-ortho nitro benzene ring substituents is 1. The zero-order valence-electron chi connectivity index (χ0n) is 13.1. The molecule has 0 radical (unpaired) electrons. The number of benzene rings is 1. The molecule has 26 heavy (non-hydrogen) atoms. The van der Waals surface area contributed by atoms with Gasteiger partial charge in [-0.3, -0.25) is 19.9 Å². The number of amides is 1. The molecule has 0 bridgehead atoms. The number of carbonyl (C=O) groups is 1. The molecule has 3 aromatic rings. The number of nitro benzene ring substituents is 1. The minimum atomic E-state index is -0.516.